The second-order valence-corrected chi connectivity index (χ2v) is 4.83. The number of aromatic nitrogens is 1. The Morgan fingerprint density at radius 3 is 2.67 bits per heavy atom. The van der Waals surface area contributed by atoms with Crippen molar-refractivity contribution in [2.24, 2.45) is 0 Å². The highest BCUT2D eigenvalue weighted by Gasteiger charge is 2.17. The van der Waals surface area contributed by atoms with Gasteiger partial charge in [0.25, 0.3) is 0 Å². The fourth-order valence-corrected chi connectivity index (χ4v) is 2.49. The second kappa shape index (κ2) is 5.01. The van der Waals surface area contributed by atoms with E-state index in [2.05, 4.69) is 0 Å². The first-order chi connectivity index (χ1) is 10.1. The van der Waals surface area contributed by atoms with E-state index in [1.165, 1.54) is 18.3 Å². The molecular formula is C16H12FNO3. The number of hydrogen-bond acceptors (Lipinski definition) is 2. The Hall–Kier alpha value is -2.69. The van der Waals surface area contributed by atoms with Crippen LogP contribution in [0.4, 0.5) is 4.39 Å². The Morgan fingerprint density at radius 2 is 2.00 bits per heavy atom. The average Bonchev–Trinajstić information content (AvgIpc) is 2.48. The van der Waals surface area contributed by atoms with Crippen LogP contribution < -0.4 is 5.43 Å². The summed E-state index contributed by atoms with van der Waals surface area (Å²) in [6, 6.07) is 3.64. The molecule has 1 aromatic heterocycles. The Morgan fingerprint density at radius 1 is 1.29 bits per heavy atom. The smallest absolute Gasteiger partial charge is 0.341 e. The van der Waals surface area contributed by atoms with Crippen LogP contribution in [0.5, 0.6) is 0 Å². The summed E-state index contributed by atoms with van der Waals surface area (Å²) in [5, 5.41) is 9.25. The number of halogens is 1. The zero-order valence-electron chi connectivity index (χ0n) is 11.0. The number of aromatic carboxylic acids is 1. The third-order valence-electron chi connectivity index (χ3n) is 3.48. The normalized spacial score (nSPS) is 14.7. The molecule has 1 heterocycles. The largest absolute Gasteiger partial charge is 0.477 e. The van der Waals surface area contributed by atoms with Gasteiger partial charge in [0.05, 0.1) is 11.6 Å². The van der Waals surface area contributed by atoms with Gasteiger partial charge in [0.1, 0.15) is 11.4 Å². The summed E-state index contributed by atoms with van der Waals surface area (Å²) in [6.07, 6.45) is 9.87. The number of hydrogen-bond donors (Lipinski definition) is 1. The summed E-state index contributed by atoms with van der Waals surface area (Å²) in [7, 11) is 0. The lowest BCUT2D eigenvalue weighted by Gasteiger charge is -2.19. The van der Waals surface area contributed by atoms with Gasteiger partial charge in [-0.05, 0) is 24.6 Å². The summed E-state index contributed by atoms with van der Waals surface area (Å²) >= 11 is 0. The molecule has 1 aromatic carbocycles. The highest BCUT2D eigenvalue weighted by atomic mass is 19.1. The molecule has 2 aromatic rings. The van der Waals surface area contributed by atoms with Gasteiger partial charge in [-0.25, -0.2) is 9.18 Å². The summed E-state index contributed by atoms with van der Waals surface area (Å²) < 4.78 is 15.1. The fourth-order valence-electron chi connectivity index (χ4n) is 2.49. The minimum absolute atomic E-state index is 0.0715. The van der Waals surface area contributed by atoms with Crippen molar-refractivity contribution in [3.05, 3.63) is 70.3 Å². The monoisotopic (exact) mass is 285 g/mol. The lowest BCUT2D eigenvalue weighted by Crippen LogP contribution is -2.20. The van der Waals surface area contributed by atoms with Gasteiger partial charge in [0.2, 0.25) is 5.43 Å². The van der Waals surface area contributed by atoms with Crippen LogP contribution in [-0.4, -0.2) is 15.6 Å². The zero-order chi connectivity index (χ0) is 15.0. The van der Waals surface area contributed by atoms with E-state index >= 15 is 0 Å². The first kappa shape index (κ1) is 13.3. The van der Waals surface area contributed by atoms with Crippen LogP contribution >= 0.6 is 0 Å². The molecule has 0 fully saturated rings. The van der Waals surface area contributed by atoms with Crippen LogP contribution in [-0.2, 0) is 0 Å². The molecule has 1 N–H and O–H groups in total. The third-order valence-corrected chi connectivity index (χ3v) is 3.48. The molecule has 1 aliphatic carbocycles. The number of nitrogens with zero attached hydrogens (tertiary/aromatic N) is 1. The Kier molecular flexibility index (Phi) is 3.17. The van der Waals surface area contributed by atoms with Gasteiger partial charge in [0, 0.05) is 11.6 Å². The van der Waals surface area contributed by atoms with Crippen molar-refractivity contribution in [1.82, 2.24) is 4.57 Å². The summed E-state index contributed by atoms with van der Waals surface area (Å²) in [5.74, 6) is -1.88. The molecule has 3 rings (SSSR count). The molecule has 0 atom stereocenters. The van der Waals surface area contributed by atoms with Crippen molar-refractivity contribution in [1.29, 1.82) is 0 Å². The van der Waals surface area contributed by atoms with Crippen molar-refractivity contribution < 1.29 is 14.3 Å². The number of allylic oxidation sites excluding steroid dienone is 4. The number of carbonyl (C=O) groups is 1. The van der Waals surface area contributed by atoms with Crippen LogP contribution in [0.15, 0.2) is 53.5 Å². The lowest BCUT2D eigenvalue weighted by molar-refractivity contribution is 0.0695. The molecule has 1 aliphatic rings. The SMILES string of the molecule is O=C(O)c1cn(C2C=CCC=C2)c2ccc(F)cc2c1=O. The van der Waals surface area contributed by atoms with E-state index < -0.39 is 17.2 Å². The van der Waals surface area contributed by atoms with Crippen LogP contribution in [0, 0.1) is 5.82 Å². The molecule has 0 aliphatic heterocycles. The van der Waals surface area contributed by atoms with Crippen molar-refractivity contribution >= 4 is 16.9 Å². The van der Waals surface area contributed by atoms with E-state index in [-0.39, 0.29) is 17.0 Å². The predicted molar refractivity (Wildman–Crippen MR) is 77.1 cm³/mol. The Labute approximate surface area is 119 Å². The average molecular weight is 285 g/mol. The maximum absolute atomic E-state index is 13.4. The minimum Gasteiger partial charge on any atom is -0.477 e. The van der Waals surface area contributed by atoms with Crippen molar-refractivity contribution in [3.8, 4) is 0 Å². The maximum atomic E-state index is 13.4. The molecule has 5 heteroatoms. The molecule has 0 bridgehead atoms. The number of fused-ring (bicyclic) bond motifs is 1. The first-order valence-electron chi connectivity index (χ1n) is 6.49. The van der Waals surface area contributed by atoms with E-state index in [0.717, 1.165) is 12.5 Å². The standard InChI is InChI=1S/C16H12FNO3/c17-10-6-7-14-12(8-10)15(19)13(16(20)21)9-18(14)11-4-2-1-3-5-11/h2-9,11H,1H2,(H,20,21). The van der Waals surface area contributed by atoms with E-state index in [0.29, 0.717) is 5.52 Å². The fraction of sp³-hybridized carbons (Fsp3) is 0.125. The topological polar surface area (TPSA) is 59.3 Å². The van der Waals surface area contributed by atoms with Gasteiger partial charge in [0.15, 0.2) is 0 Å². The van der Waals surface area contributed by atoms with Crippen LogP contribution in [0.1, 0.15) is 22.8 Å². The van der Waals surface area contributed by atoms with E-state index in [9.17, 15) is 19.1 Å². The van der Waals surface area contributed by atoms with E-state index in [1.807, 2.05) is 24.3 Å². The van der Waals surface area contributed by atoms with Gasteiger partial charge >= 0.3 is 5.97 Å². The number of rotatable bonds is 2. The Balaban J connectivity index is 2.37. The number of carboxylic acids is 1. The first-order valence-corrected chi connectivity index (χ1v) is 6.49. The third kappa shape index (κ3) is 2.27. The summed E-state index contributed by atoms with van der Waals surface area (Å²) in [5.41, 5.74) is -0.523. The highest BCUT2D eigenvalue weighted by molar-refractivity contribution is 5.92. The summed E-state index contributed by atoms with van der Waals surface area (Å²) in [4.78, 5) is 23.4. The molecule has 4 nitrogen and oxygen atoms in total. The van der Waals surface area contributed by atoms with Gasteiger partial charge in [-0.1, -0.05) is 24.3 Å². The van der Waals surface area contributed by atoms with Crippen LogP contribution in [0.25, 0.3) is 10.9 Å². The van der Waals surface area contributed by atoms with Gasteiger partial charge in [-0.3, -0.25) is 4.79 Å². The maximum Gasteiger partial charge on any atom is 0.341 e. The van der Waals surface area contributed by atoms with Crippen molar-refractivity contribution in [2.45, 2.75) is 12.5 Å². The van der Waals surface area contributed by atoms with E-state index in [1.54, 1.807) is 4.57 Å². The van der Waals surface area contributed by atoms with Crippen molar-refractivity contribution in [2.75, 3.05) is 0 Å². The minimum atomic E-state index is -1.32. The van der Waals surface area contributed by atoms with Crippen LogP contribution in [0.3, 0.4) is 0 Å². The lowest BCUT2D eigenvalue weighted by atomic mass is 10.1. The molecule has 21 heavy (non-hydrogen) atoms. The van der Waals surface area contributed by atoms with Gasteiger partial charge in [-0.2, -0.15) is 0 Å². The van der Waals surface area contributed by atoms with Gasteiger partial charge in [-0.15, -0.1) is 0 Å². The predicted octanol–water partition coefficient (Wildman–Crippen LogP) is 2.90. The molecule has 0 saturated heterocycles. The number of benzene rings is 1. The van der Waals surface area contributed by atoms with Gasteiger partial charge < -0.3 is 9.67 Å². The van der Waals surface area contributed by atoms with Crippen LogP contribution in [0.2, 0.25) is 0 Å². The molecule has 0 spiro atoms. The molecule has 0 saturated carbocycles. The number of carboxylic acid groups (broad SMARTS) is 1. The molecule has 0 unspecified atom stereocenters. The summed E-state index contributed by atoms with van der Waals surface area (Å²) in [6.45, 7) is 0. The highest BCUT2D eigenvalue weighted by Crippen LogP contribution is 2.22. The van der Waals surface area contributed by atoms with Crippen molar-refractivity contribution in [3.63, 3.8) is 0 Å². The molecule has 0 radical (unpaired) electrons. The Bertz CT molecular complexity index is 836. The van der Waals surface area contributed by atoms with E-state index in [4.69, 9.17) is 0 Å². The molecule has 106 valence electrons. The zero-order valence-corrected chi connectivity index (χ0v) is 11.0. The quantitative estimate of drug-likeness (QED) is 0.863. The second-order valence-electron chi connectivity index (χ2n) is 4.83. The number of pyridine rings is 1. The molecular weight excluding hydrogens is 273 g/mol. The molecule has 0 amide bonds.